The second-order valence-electron chi connectivity index (χ2n) is 5.63. The van der Waals surface area contributed by atoms with Gasteiger partial charge in [-0.05, 0) is 24.8 Å². The van der Waals surface area contributed by atoms with E-state index < -0.39 is 0 Å². The Balaban J connectivity index is 1.97. The fraction of sp³-hybridized carbons (Fsp3) is 0.579. The summed E-state index contributed by atoms with van der Waals surface area (Å²) in [5, 5.41) is 0. The van der Waals surface area contributed by atoms with E-state index in [4.69, 9.17) is 9.47 Å². The Morgan fingerprint density at radius 1 is 0.826 bits per heavy atom. The van der Waals surface area contributed by atoms with Crippen LogP contribution in [0.1, 0.15) is 63.9 Å². The van der Waals surface area contributed by atoms with Crippen LogP contribution in [-0.2, 0) is 25.7 Å². The minimum Gasteiger partial charge on any atom is -0.466 e. The Morgan fingerprint density at radius 2 is 1.48 bits per heavy atom. The molecule has 4 heteroatoms. The second kappa shape index (κ2) is 12.7. The zero-order chi connectivity index (χ0) is 16.8. The molecule has 0 spiro atoms. The summed E-state index contributed by atoms with van der Waals surface area (Å²) < 4.78 is 10.3. The molecule has 0 heterocycles. The highest BCUT2D eigenvalue weighted by atomic mass is 16.5. The van der Waals surface area contributed by atoms with Crippen LogP contribution in [0.5, 0.6) is 0 Å². The van der Waals surface area contributed by atoms with Crippen molar-refractivity contribution < 1.29 is 19.1 Å². The largest absolute Gasteiger partial charge is 0.466 e. The Morgan fingerprint density at radius 3 is 2.13 bits per heavy atom. The van der Waals surface area contributed by atoms with E-state index in [1.807, 2.05) is 30.3 Å². The van der Waals surface area contributed by atoms with Crippen LogP contribution in [0.4, 0.5) is 0 Å². The normalized spacial score (nSPS) is 10.3. The molecule has 23 heavy (non-hydrogen) atoms. The van der Waals surface area contributed by atoms with Crippen molar-refractivity contribution in [2.75, 3.05) is 6.61 Å². The van der Waals surface area contributed by atoms with Crippen LogP contribution in [0.2, 0.25) is 0 Å². The molecule has 0 amide bonds. The van der Waals surface area contributed by atoms with E-state index in [0.717, 1.165) is 18.4 Å². The molecule has 128 valence electrons. The van der Waals surface area contributed by atoms with Crippen LogP contribution in [0, 0.1) is 0 Å². The number of carbonyl (C=O) groups excluding carboxylic acids is 2. The quantitative estimate of drug-likeness (QED) is 0.423. The van der Waals surface area contributed by atoms with Gasteiger partial charge >= 0.3 is 11.9 Å². The lowest BCUT2D eigenvalue weighted by atomic mass is 10.2. The molecule has 0 saturated heterocycles. The van der Waals surface area contributed by atoms with Crippen LogP contribution in [0.25, 0.3) is 0 Å². The average molecular weight is 320 g/mol. The first kappa shape index (κ1) is 19.2. The van der Waals surface area contributed by atoms with Gasteiger partial charge in [-0.25, -0.2) is 0 Å². The summed E-state index contributed by atoms with van der Waals surface area (Å²) in [5.74, 6) is -0.388. The summed E-state index contributed by atoms with van der Waals surface area (Å²) in [7, 11) is 0. The molecule has 0 saturated carbocycles. The van der Waals surface area contributed by atoms with Crippen LogP contribution in [0.15, 0.2) is 30.3 Å². The van der Waals surface area contributed by atoms with Crippen molar-refractivity contribution in [3.05, 3.63) is 35.9 Å². The zero-order valence-electron chi connectivity index (χ0n) is 14.1. The molecular weight excluding hydrogens is 292 g/mol. The summed E-state index contributed by atoms with van der Waals surface area (Å²) in [5.41, 5.74) is 0.979. The molecule has 1 aromatic carbocycles. The predicted octanol–water partition coefficient (Wildman–Crippen LogP) is 4.41. The molecule has 0 N–H and O–H groups in total. The van der Waals surface area contributed by atoms with Gasteiger partial charge in [0.05, 0.1) is 6.61 Å². The number of ether oxygens (including phenoxy) is 2. The van der Waals surface area contributed by atoms with Crippen LogP contribution in [0.3, 0.4) is 0 Å². The molecule has 1 aromatic rings. The molecule has 0 radical (unpaired) electrons. The summed E-state index contributed by atoms with van der Waals surface area (Å²) in [6, 6.07) is 9.59. The minimum atomic E-state index is -0.221. The lowest BCUT2D eigenvalue weighted by Crippen LogP contribution is -2.07. The van der Waals surface area contributed by atoms with E-state index in [0.29, 0.717) is 38.9 Å². The summed E-state index contributed by atoms with van der Waals surface area (Å²) >= 11 is 0. The molecule has 0 aromatic heterocycles. The maximum atomic E-state index is 11.6. The molecule has 0 aliphatic carbocycles. The molecule has 1 rings (SSSR count). The lowest BCUT2D eigenvalue weighted by Gasteiger charge is -2.06. The van der Waals surface area contributed by atoms with Gasteiger partial charge in [0.25, 0.3) is 0 Å². The predicted molar refractivity (Wildman–Crippen MR) is 89.8 cm³/mol. The molecule has 0 fully saturated rings. The smallest absolute Gasteiger partial charge is 0.306 e. The van der Waals surface area contributed by atoms with Gasteiger partial charge in [-0.15, -0.1) is 0 Å². The van der Waals surface area contributed by atoms with Gasteiger partial charge in [0.2, 0.25) is 0 Å². The standard InChI is InChI=1S/C19H28O4/c1-2-3-4-10-15-22-18(20)13-8-9-14-19(21)23-16-17-11-6-5-7-12-17/h5-7,11-12H,2-4,8-10,13-16H2,1H3. The highest BCUT2D eigenvalue weighted by Crippen LogP contribution is 2.06. The third kappa shape index (κ3) is 10.5. The molecule has 0 unspecified atom stereocenters. The van der Waals surface area contributed by atoms with Crippen LogP contribution >= 0.6 is 0 Å². The second-order valence-corrected chi connectivity index (χ2v) is 5.63. The van der Waals surface area contributed by atoms with E-state index in [9.17, 15) is 9.59 Å². The number of benzene rings is 1. The van der Waals surface area contributed by atoms with Gasteiger partial charge in [0.1, 0.15) is 6.61 Å². The average Bonchev–Trinajstić information content (AvgIpc) is 2.57. The van der Waals surface area contributed by atoms with E-state index >= 15 is 0 Å². The first-order valence-electron chi connectivity index (χ1n) is 8.57. The first-order valence-corrected chi connectivity index (χ1v) is 8.57. The highest BCUT2D eigenvalue weighted by molar-refractivity contribution is 5.70. The van der Waals surface area contributed by atoms with Gasteiger partial charge in [-0.3, -0.25) is 9.59 Å². The lowest BCUT2D eigenvalue weighted by molar-refractivity contribution is -0.146. The van der Waals surface area contributed by atoms with E-state index in [1.54, 1.807) is 0 Å². The van der Waals surface area contributed by atoms with Gasteiger partial charge in [-0.1, -0.05) is 56.5 Å². The monoisotopic (exact) mass is 320 g/mol. The maximum absolute atomic E-state index is 11.6. The first-order chi connectivity index (χ1) is 11.2. The highest BCUT2D eigenvalue weighted by Gasteiger charge is 2.06. The van der Waals surface area contributed by atoms with E-state index in [1.165, 1.54) is 12.8 Å². The number of esters is 2. The molecule has 0 atom stereocenters. The molecular formula is C19H28O4. The summed E-state index contributed by atoms with van der Waals surface area (Å²) in [6.07, 6.45) is 6.43. The Labute approximate surface area is 139 Å². The van der Waals surface area contributed by atoms with Crippen LogP contribution < -0.4 is 0 Å². The van der Waals surface area contributed by atoms with Crippen molar-refractivity contribution in [3.8, 4) is 0 Å². The summed E-state index contributed by atoms with van der Waals surface area (Å²) in [6.45, 7) is 2.97. The third-order valence-electron chi connectivity index (χ3n) is 3.52. The third-order valence-corrected chi connectivity index (χ3v) is 3.52. The Bertz CT molecular complexity index is 442. The number of unbranched alkanes of at least 4 members (excludes halogenated alkanes) is 4. The molecule has 0 aliphatic rings. The SMILES string of the molecule is CCCCCCOC(=O)CCCCC(=O)OCc1ccccc1. The molecule has 0 aliphatic heterocycles. The Hall–Kier alpha value is -1.84. The van der Waals surface area contributed by atoms with Crippen molar-refractivity contribution in [3.63, 3.8) is 0 Å². The maximum Gasteiger partial charge on any atom is 0.306 e. The number of hydrogen-bond donors (Lipinski definition) is 0. The van der Waals surface area contributed by atoms with Crippen molar-refractivity contribution in [1.82, 2.24) is 0 Å². The number of rotatable bonds is 12. The fourth-order valence-corrected chi connectivity index (χ4v) is 2.14. The van der Waals surface area contributed by atoms with Crippen molar-refractivity contribution in [2.24, 2.45) is 0 Å². The van der Waals surface area contributed by atoms with Gasteiger partial charge in [0, 0.05) is 12.8 Å². The van der Waals surface area contributed by atoms with E-state index in [-0.39, 0.29) is 11.9 Å². The van der Waals surface area contributed by atoms with E-state index in [2.05, 4.69) is 6.92 Å². The molecule has 4 nitrogen and oxygen atoms in total. The topological polar surface area (TPSA) is 52.6 Å². The van der Waals surface area contributed by atoms with Crippen LogP contribution in [-0.4, -0.2) is 18.5 Å². The fourth-order valence-electron chi connectivity index (χ4n) is 2.14. The van der Waals surface area contributed by atoms with Crippen molar-refractivity contribution >= 4 is 11.9 Å². The number of carbonyl (C=O) groups is 2. The van der Waals surface area contributed by atoms with Gasteiger partial charge in [0.15, 0.2) is 0 Å². The molecule has 0 bridgehead atoms. The summed E-state index contributed by atoms with van der Waals surface area (Å²) in [4.78, 5) is 23.1. The number of hydrogen-bond acceptors (Lipinski definition) is 4. The van der Waals surface area contributed by atoms with Gasteiger partial charge in [-0.2, -0.15) is 0 Å². The van der Waals surface area contributed by atoms with Crippen molar-refractivity contribution in [2.45, 2.75) is 64.9 Å². The zero-order valence-corrected chi connectivity index (χ0v) is 14.1. The van der Waals surface area contributed by atoms with Crippen molar-refractivity contribution in [1.29, 1.82) is 0 Å². The van der Waals surface area contributed by atoms with Gasteiger partial charge < -0.3 is 9.47 Å². The minimum absolute atomic E-state index is 0.167. The Kier molecular flexibility index (Phi) is 10.6.